The third-order valence-electron chi connectivity index (χ3n) is 3.81. The van der Waals surface area contributed by atoms with Crippen LogP contribution in [0.3, 0.4) is 0 Å². The molecule has 1 aromatic carbocycles. The molecule has 2 aliphatic rings. The minimum atomic E-state index is -0.819. The lowest BCUT2D eigenvalue weighted by atomic mass is 10.0. The maximum atomic E-state index is 11.4. The average Bonchev–Trinajstić information content (AvgIpc) is 3.15. The van der Waals surface area contributed by atoms with Crippen LogP contribution >= 0.6 is 0 Å². The van der Waals surface area contributed by atoms with Crippen molar-refractivity contribution in [2.45, 2.75) is 31.9 Å². The molecule has 0 aromatic heterocycles. The van der Waals surface area contributed by atoms with Crippen molar-refractivity contribution in [1.82, 2.24) is 10.2 Å². The van der Waals surface area contributed by atoms with Crippen molar-refractivity contribution in [1.29, 1.82) is 0 Å². The van der Waals surface area contributed by atoms with Gasteiger partial charge in [-0.05, 0) is 30.5 Å². The van der Waals surface area contributed by atoms with E-state index in [1.54, 1.807) is 18.2 Å². The number of aliphatic hydroxyl groups is 1. The van der Waals surface area contributed by atoms with E-state index in [9.17, 15) is 9.90 Å². The summed E-state index contributed by atoms with van der Waals surface area (Å²) in [4.78, 5) is 13.5. The monoisotopic (exact) mass is 304 g/mol. The highest BCUT2D eigenvalue weighted by molar-refractivity contribution is 5.73. The Balaban J connectivity index is 1.75. The highest BCUT2D eigenvalue weighted by Crippen LogP contribution is 2.35. The van der Waals surface area contributed by atoms with Crippen LogP contribution in [0.5, 0.6) is 11.5 Å². The summed E-state index contributed by atoms with van der Waals surface area (Å²) in [6.07, 6.45) is 1.17. The van der Waals surface area contributed by atoms with Crippen LogP contribution in [0.1, 0.15) is 31.4 Å². The average molecular weight is 304 g/mol. The Morgan fingerprint density at radius 2 is 2.05 bits per heavy atom. The number of rotatable bonds is 5. The van der Waals surface area contributed by atoms with Gasteiger partial charge in [-0.3, -0.25) is 9.69 Å². The van der Waals surface area contributed by atoms with Crippen LogP contribution < -0.4 is 14.8 Å². The van der Waals surface area contributed by atoms with Crippen molar-refractivity contribution in [2.75, 3.05) is 13.3 Å². The molecule has 1 fully saturated rings. The molecule has 2 radical (unpaired) electrons. The van der Waals surface area contributed by atoms with Gasteiger partial charge >= 0.3 is 0 Å². The number of hydrogen-bond donors (Lipinski definition) is 2. The van der Waals surface area contributed by atoms with Crippen LogP contribution in [-0.2, 0) is 4.79 Å². The van der Waals surface area contributed by atoms with Gasteiger partial charge in [0.1, 0.15) is 6.10 Å². The van der Waals surface area contributed by atoms with Crippen LogP contribution in [0.4, 0.5) is 0 Å². The number of hydrogen-bond acceptors (Lipinski definition) is 5. The van der Waals surface area contributed by atoms with E-state index in [4.69, 9.17) is 9.47 Å². The van der Waals surface area contributed by atoms with Gasteiger partial charge in [-0.25, -0.2) is 0 Å². The van der Waals surface area contributed by atoms with E-state index in [1.807, 2.05) is 4.90 Å². The predicted octanol–water partition coefficient (Wildman–Crippen LogP) is 1.37. The maximum Gasteiger partial charge on any atom is 0.231 e. The van der Waals surface area contributed by atoms with E-state index in [-0.39, 0.29) is 12.7 Å². The van der Waals surface area contributed by atoms with Gasteiger partial charge in [-0.15, -0.1) is 0 Å². The highest BCUT2D eigenvalue weighted by Gasteiger charge is 2.27. The molecule has 3 rings (SSSR count). The summed E-state index contributed by atoms with van der Waals surface area (Å²) < 4.78 is 10.6. The number of benzene rings is 1. The summed E-state index contributed by atoms with van der Waals surface area (Å²) in [7, 11) is 0. The molecule has 1 saturated heterocycles. The fourth-order valence-corrected chi connectivity index (χ4v) is 2.75. The highest BCUT2D eigenvalue weighted by atomic mass is 16.7. The molecule has 22 heavy (non-hydrogen) atoms. The summed E-state index contributed by atoms with van der Waals surface area (Å²) in [6, 6.07) is 4.94. The zero-order chi connectivity index (χ0) is 15.5. The Kier molecular flexibility index (Phi) is 4.49. The molecule has 1 amide bonds. The molecule has 118 valence electrons. The van der Waals surface area contributed by atoms with Crippen LogP contribution in [-0.4, -0.2) is 35.3 Å². The van der Waals surface area contributed by atoms with E-state index in [0.717, 1.165) is 12.8 Å². The number of nitrogens with one attached hydrogen (secondary N) is 1. The van der Waals surface area contributed by atoms with Gasteiger partial charge < -0.3 is 19.9 Å². The van der Waals surface area contributed by atoms with E-state index in [1.165, 1.54) is 6.92 Å². The van der Waals surface area contributed by atoms with Gasteiger partial charge in [-0.2, -0.15) is 0 Å². The van der Waals surface area contributed by atoms with Crippen molar-refractivity contribution in [2.24, 2.45) is 0 Å². The van der Waals surface area contributed by atoms with Gasteiger partial charge in [0, 0.05) is 26.6 Å². The van der Waals surface area contributed by atoms with Crippen LogP contribution in [0, 0.1) is 13.1 Å². The lowest BCUT2D eigenvalue weighted by Gasteiger charge is -2.28. The molecule has 0 saturated carbocycles. The van der Waals surface area contributed by atoms with E-state index in [0.29, 0.717) is 23.6 Å². The van der Waals surface area contributed by atoms with Crippen molar-refractivity contribution in [3.8, 4) is 11.5 Å². The first-order chi connectivity index (χ1) is 10.6. The third kappa shape index (κ3) is 3.34. The Labute approximate surface area is 130 Å². The number of aliphatic hydroxyl groups excluding tert-OH is 1. The van der Waals surface area contributed by atoms with Gasteiger partial charge in [0.2, 0.25) is 12.7 Å². The van der Waals surface area contributed by atoms with Gasteiger partial charge in [0.05, 0.1) is 6.04 Å². The number of carbonyl (C=O) groups excluding carboxylic acids is 1. The van der Waals surface area contributed by atoms with E-state index in [2.05, 4.69) is 18.4 Å². The number of fused-ring (bicyclic) bond motifs is 1. The molecule has 2 heterocycles. The van der Waals surface area contributed by atoms with Crippen LogP contribution in [0.25, 0.3) is 0 Å². The molecule has 2 unspecified atom stereocenters. The molecule has 0 spiro atoms. The quantitative estimate of drug-likeness (QED) is 0.860. The molecular formula is C16H20N2O4. The molecule has 6 nitrogen and oxygen atoms in total. The van der Waals surface area contributed by atoms with Crippen molar-refractivity contribution in [3.63, 3.8) is 0 Å². The van der Waals surface area contributed by atoms with Gasteiger partial charge in [0.15, 0.2) is 11.5 Å². The molecular weight excluding hydrogens is 284 g/mol. The summed E-state index contributed by atoms with van der Waals surface area (Å²) in [5, 5.41) is 13.5. The first-order valence-electron chi connectivity index (χ1n) is 7.40. The molecule has 2 atom stereocenters. The third-order valence-corrected chi connectivity index (χ3v) is 3.81. The van der Waals surface area contributed by atoms with E-state index < -0.39 is 12.1 Å². The Morgan fingerprint density at radius 1 is 1.32 bits per heavy atom. The normalized spacial score (nSPS) is 19.9. The lowest BCUT2D eigenvalue weighted by Crippen LogP contribution is -2.44. The number of ether oxygens (including phenoxy) is 2. The largest absolute Gasteiger partial charge is 0.454 e. The van der Waals surface area contributed by atoms with Crippen molar-refractivity contribution < 1.29 is 19.4 Å². The fraction of sp³-hybridized carbons (Fsp3) is 0.438. The van der Waals surface area contributed by atoms with Crippen LogP contribution in [0.2, 0.25) is 0 Å². The number of nitrogens with zero attached hydrogens (tertiary/aromatic N) is 1. The molecule has 0 bridgehead atoms. The summed E-state index contributed by atoms with van der Waals surface area (Å²) in [5.41, 5.74) is 0.696. The predicted molar refractivity (Wildman–Crippen MR) is 79.7 cm³/mol. The zero-order valence-corrected chi connectivity index (χ0v) is 12.5. The summed E-state index contributed by atoms with van der Waals surface area (Å²) >= 11 is 0. The topological polar surface area (TPSA) is 71.0 Å². The minimum Gasteiger partial charge on any atom is -0.454 e. The molecule has 1 aromatic rings. The second-order valence-electron chi connectivity index (χ2n) is 5.50. The van der Waals surface area contributed by atoms with Crippen molar-refractivity contribution in [3.05, 3.63) is 36.9 Å². The number of likely N-dealkylation sites (tertiary alicyclic amines) is 1. The Bertz CT molecular complexity index is 543. The maximum absolute atomic E-state index is 11.4. The first kappa shape index (κ1) is 15.1. The SMILES string of the molecule is CC(=O)NC(CN1[CH]CC[CH]1)C(O)c1ccc2c(c1)OCO2. The van der Waals surface area contributed by atoms with Gasteiger partial charge in [-0.1, -0.05) is 6.07 Å². The van der Waals surface area contributed by atoms with Crippen LogP contribution in [0.15, 0.2) is 18.2 Å². The number of amides is 1. The standard InChI is InChI=1S/C16H20N2O4/c1-11(19)17-13(9-18-6-2-3-7-18)16(20)12-4-5-14-15(8-12)22-10-21-14/h4-8,13,16,20H,2-3,9-10H2,1H3,(H,17,19). The number of carbonyl (C=O) groups is 1. The van der Waals surface area contributed by atoms with E-state index >= 15 is 0 Å². The summed E-state index contributed by atoms with van der Waals surface area (Å²) in [5.74, 6) is 1.13. The van der Waals surface area contributed by atoms with Crippen molar-refractivity contribution >= 4 is 5.91 Å². The smallest absolute Gasteiger partial charge is 0.231 e. The Morgan fingerprint density at radius 3 is 2.77 bits per heavy atom. The second-order valence-corrected chi connectivity index (χ2v) is 5.50. The lowest BCUT2D eigenvalue weighted by molar-refractivity contribution is -0.120. The first-order valence-corrected chi connectivity index (χ1v) is 7.40. The fourth-order valence-electron chi connectivity index (χ4n) is 2.75. The molecule has 2 N–H and O–H groups in total. The molecule has 0 aliphatic carbocycles. The van der Waals surface area contributed by atoms with Gasteiger partial charge in [0.25, 0.3) is 0 Å². The Hall–Kier alpha value is -1.79. The summed E-state index contributed by atoms with van der Waals surface area (Å²) in [6.45, 7) is 6.33. The second kappa shape index (κ2) is 6.54. The molecule has 6 heteroatoms. The minimum absolute atomic E-state index is 0.163. The zero-order valence-electron chi connectivity index (χ0n) is 12.5. The molecule has 2 aliphatic heterocycles.